The lowest BCUT2D eigenvalue weighted by atomic mass is 9.96. The Labute approximate surface area is 106 Å². The van der Waals surface area contributed by atoms with Crippen molar-refractivity contribution in [3.8, 4) is 0 Å². The second kappa shape index (κ2) is 5.30. The van der Waals surface area contributed by atoms with Gasteiger partial charge in [0.15, 0.2) is 0 Å². The molecule has 0 aliphatic rings. The van der Waals surface area contributed by atoms with Crippen LogP contribution in [0.1, 0.15) is 13.8 Å². The zero-order valence-corrected chi connectivity index (χ0v) is 11.2. The number of hydrogen-bond donors (Lipinski definition) is 2. The molecule has 0 spiro atoms. The molecule has 0 bridgehead atoms. The highest BCUT2D eigenvalue weighted by molar-refractivity contribution is 7.89. The van der Waals surface area contributed by atoms with Gasteiger partial charge in [0, 0.05) is 24.8 Å². The molecule has 1 rings (SSSR count). The van der Waals surface area contributed by atoms with E-state index in [0.29, 0.717) is 0 Å². The largest absolute Gasteiger partial charge is 0.396 e. The first kappa shape index (κ1) is 14.4. The summed E-state index contributed by atoms with van der Waals surface area (Å²) >= 11 is 5.57. The molecule has 17 heavy (non-hydrogen) atoms. The predicted octanol–water partition coefficient (Wildman–Crippen LogP) is 1.03. The van der Waals surface area contributed by atoms with Crippen molar-refractivity contribution in [2.24, 2.45) is 5.41 Å². The van der Waals surface area contributed by atoms with E-state index in [0.717, 1.165) is 0 Å². The molecule has 0 saturated heterocycles. The summed E-state index contributed by atoms with van der Waals surface area (Å²) in [6.07, 6.45) is 1.19. The molecule has 1 aromatic heterocycles. The third-order valence-electron chi connectivity index (χ3n) is 2.18. The summed E-state index contributed by atoms with van der Waals surface area (Å²) in [5.74, 6) is 0. The van der Waals surface area contributed by atoms with Gasteiger partial charge in [-0.15, -0.1) is 0 Å². The summed E-state index contributed by atoms with van der Waals surface area (Å²) in [4.78, 5) is 3.76. The van der Waals surface area contributed by atoms with Crippen molar-refractivity contribution in [3.05, 3.63) is 23.5 Å². The number of rotatable bonds is 5. The van der Waals surface area contributed by atoms with Gasteiger partial charge in [-0.05, 0) is 12.1 Å². The topological polar surface area (TPSA) is 79.3 Å². The minimum atomic E-state index is -3.60. The first-order valence-electron chi connectivity index (χ1n) is 4.99. The predicted molar refractivity (Wildman–Crippen MR) is 65.3 cm³/mol. The number of halogens is 1. The second-order valence-corrected chi connectivity index (χ2v) is 6.62. The van der Waals surface area contributed by atoms with Crippen LogP contribution in [-0.4, -0.2) is 31.7 Å². The molecule has 2 N–H and O–H groups in total. The maximum atomic E-state index is 11.8. The lowest BCUT2D eigenvalue weighted by molar-refractivity contribution is 0.163. The number of pyridine rings is 1. The van der Waals surface area contributed by atoms with Gasteiger partial charge in [-0.1, -0.05) is 25.4 Å². The second-order valence-electron chi connectivity index (χ2n) is 4.46. The summed E-state index contributed by atoms with van der Waals surface area (Å²) in [7, 11) is -3.60. The smallest absolute Gasteiger partial charge is 0.242 e. The van der Waals surface area contributed by atoms with Gasteiger partial charge in [0.25, 0.3) is 0 Å². The first-order chi connectivity index (χ1) is 7.77. The fourth-order valence-corrected chi connectivity index (χ4v) is 2.25. The van der Waals surface area contributed by atoms with E-state index < -0.39 is 15.4 Å². The Morgan fingerprint density at radius 1 is 1.47 bits per heavy atom. The van der Waals surface area contributed by atoms with Gasteiger partial charge in [0.05, 0.1) is 0 Å². The van der Waals surface area contributed by atoms with Gasteiger partial charge >= 0.3 is 0 Å². The zero-order chi connectivity index (χ0) is 13.1. The molecule has 1 aromatic rings. The van der Waals surface area contributed by atoms with Gasteiger partial charge in [-0.2, -0.15) is 0 Å². The van der Waals surface area contributed by atoms with Crippen molar-refractivity contribution in [3.63, 3.8) is 0 Å². The molecule has 0 aromatic carbocycles. The monoisotopic (exact) mass is 278 g/mol. The summed E-state index contributed by atoms with van der Waals surface area (Å²) in [5, 5.41) is 9.27. The van der Waals surface area contributed by atoms with E-state index in [-0.39, 0.29) is 23.2 Å². The number of aromatic nitrogens is 1. The van der Waals surface area contributed by atoms with Crippen LogP contribution >= 0.6 is 11.6 Å². The van der Waals surface area contributed by atoms with E-state index in [4.69, 9.17) is 16.7 Å². The minimum absolute atomic E-state index is 0.0515. The van der Waals surface area contributed by atoms with Gasteiger partial charge in [0.1, 0.15) is 10.0 Å². The van der Waals surface area contributed by atoms with Crippen LogP contribution in [-0.2, 0) is 10.0 Å². The Bertz CT molecular complexity index is 471. The van der Waals surface area contributed by atoms with Crippen LogP contribution in [0.3, 0.4) is 0 Å². The molecular weight excluding hydrogens is 264 g/mol. The third-order valence-corrected chi connectivity index (χ3v) is 3.79. The van der Waals surface area contributed by atoms with Gasteiger partial charge in [-0.3, -0.25) is 0 Å². The van der Waals surface area contributed by atoms with Crippen molar-refractivity contribution in [2.75, 3.05) is 13.2 Å². The SMILES string of the molecule is CC(C)(CO)CNS(=O)(=O)c1ccc(Cl)nc1. The van der Waals surface area contributed by atoms with Crippen LogP contribution in [0.5, 0.6) is 0 Å². The van der Waals surface area contributed by atoms with Crippen molar-refractivity contribution in [1.82, 2.24) is 9.71 Å². The number of nitrogens with zero attached hydrogens (tertiary/aromatic N) is 1. The maximum Gasteiger partial charge on any atom is 0.242 e. The summed E-state index contributed by atoms with van der Waals surface area (Å²) < 4.78 is 26.1. The Morgan fingerprint density at radius 2 is 2.12 bits per heavy atom. The fraction of sp³-hybridized carbons (Fsp3) is 0.500. The third kappa shape index (κ3) is 4.23. The first-order valence-corrected chi connectivity index (χ1v) is 6.85. The number of aliphatic hydroxyl groups is 1. The fourth-order valence-electron chi connectivity index (χ4n) is 0.951. The van der Waals surface area contributed by atoms with Crippen LogP contribution < -0.4 is 4.72 Å². The quantitative estimate of drug-likeness (QED) is 0.789. The van der Waals surface area contributed by atoms with Crippen molar-refractivity contribution < 1.29 is 13.5 Å². The van der Waals surface area contributed by atoms with Crippen LogP contribution in [0.25, 0.3) is 0 Å². The summed E-state index contributed by atoms with van der Waals surface area (Å²) in [6.45, 7) is 3.56. The van der Waals surface area contributed by atoms with Crippen molar-refractivity contribution >= 4 is 21.6 Å². The molecule has 0 atom stereocenters. The standard InChI is InChI=1S/C10H15ClN2O3S/c1-10(2,7-14)6-13-17(15,16)8-3-4-9(11)12-5-8/h3-5,13-14H,6-7H2,1-2H3. The lowest BCUT2D eigenvalue weighted by Crippen LogP contribution is -2.36. The number of aliphatic hydroxyl groups excluding tert-OH is 1. The highest BCUT2D eigenvalue weighted by atomic mass is 35.5. The van der Waals surface area contributed by atoms with E-state index in [1.807, 2.05) is 0 Å². The highest BCUT2D eigenvalue weighted by Crippen LogP contribution is 2.15. The number of sulfonamides is 1. The Kier molecular flexibility index (Phi) is 4.48. The van der Waals surface area contributed by atoms with E-state index in [1.54, 1.807) is 13.8 Å². The summed E-state index contributed by atoms with van der Waals surface area (Å²) in [5.41, 5.74) is -0.507. The molecule has 0 aliphatic carbocycles. The van der Waals surface area contributed by atoms with Crippen LogP contribution in [0.4, 0.5) is 0 Å². The Hall–Kier alpha value is -0.690. The van der Waals surface area contributed by atoms with E-state index in [9.17, 15) is 8.42 Å². The normalized spacial score (nSPS) is 12.7. The van der Waals surface area contributed by atoms with Gasteiger partial charge in [0.2, 0.25) is 10.0 Å². The van der Waals surface area contributed by atoms with E-state index in [1.165, 1.54) is 18.3 Å². The van der Waals surface area contributed by atoms with Crippen molar-refractivity contribution in [1.29, 1.82) is 0 Å². The van der Waals surface area contributed by atoms with Crippen LogP contribution in [0.2, 0.25) is 5.15 Å². The molecule has 5 nitrogen and oxygen atoms in total. The maximum absolute atomic E-state index is 11.8. The molecule has 7 heteroatoms. The average molecular weight is 279 g/mol. The molecule has 96 valence electrons. The zero-order valence-electron chi connectivity index (χ0n) is 9.64. The molecule has 1 heterocycles. The minimum Gasteiger partial charge on any atom is -0.396 e. The Balaban J connectivity index is 2.79. The molecule has 0 unspecified atom stereocenters. The number of hydrogen-bond acceptors (Lipinski definition) is 4. The van der Waals surface area contributed by atoms with Gasteiger partial charge in [-0.25, -0.2) is 18.1 Å². The van der Waals surface area contributed by atoms with E-state index >= 15 is 0 Å². The average Bonchev–Trinajstić information content (AvgIpc) is 2.27. The highest BCUT2D eigenvalue weighted by Gasteiger charge is 2.21. The molecule has 0 amide bonds. The van der Waals surface area contributed by atoms with Gasteiger partial charge < -0.3 is 5.11 Å². The molecule has 0 radical (unpaired) electrons. The van der Waals surface area contributed by atoms with E-state index in [2.05, 4.69) is 9.71 Å². The molecule has 0 saturated carbocycles. The van der Waals surface area contributed by atoms with Crippen LogP contribution in [0, 0.1) is 5.41 Å². The molecule has 0 aliphatic heterocycles. The van der Waals surface area contributed by atoms with Crippen molar-refractivity contribution in [2.45, 2.75) is 18.7 Å². The molecular formula is C10H15ClN2O3S. The van der Waals surface area contributed by atoms with Crippen LogP contribution in [0.15, 0.2) is 23.2 Å². The summed E-state index contributed by atoms with van der Waals surface area (Å²) in [6, 6.07) is 2.79. The Morgan fingerprint density at radius 3 is 2.59 bits per heavy atom. The molecule has 0 fully saturated rings. The number of nitrogens with one attached hydrogen (secondary N) is 1. The lowest BCUT2D eigenvalue weighted by Gasteiger charge is -2.21.